The Morgan fingerprint density at radius 2 is 2.45 bits per heavy atom. The van der Waals surface area contributed by atoms with Crippen molar-refractivity contribution in [2.45, 2.75) is 24.9 Å². The average Bonchev–Trinajstić information content (AvgIpc) is 2.99. The number of nitrogens with zero attached hydrogens (tertiary/aromatic N) is 2. The minimum Gasteiger partial charge on any atom is -0.468 e. The zero-order valence-electron chi connectivity index (χ0n) is 11.3. The van der Waals surface area contributed by atoms with Crippen LogP contribution in [0.15, 0.2) is 29.9 Å². The third kappa shape index (κ3) is 2.25. The Bertz CT molecular complexity index is 604. The average molecular weight is 291 g/mol. The van der Waals surface area contributed by atoms with Gasteiger partial charge in [0.1, 0.15) is 11.4 Å². The van der Waals surface area contributed by atoms with Crippen molar-refractivity contribution in [1.82, 2.24) is 9.55 Å². The van der Waals surface area contributed by atoms with Gasteiger partial charge >= 0.3 is 5.97 Å². The van der Waals surface area contributed by atoms with Gasteiger partial charge in [-0.2, -0.15) is 0 Å². The SMILES string of the molecule is COC(=O)C(N)(Cn1ccnc1-c1cccs1)C1CC1. The molecule has 0 spiro atoms. The second-order valence-corrected chi connectivity index (χ2v) is 6.11. The molecular weight excluding hydrogens is 274 g/mol. The van der Waals surface area contributed by atoms with Gasteiger partial charge in [0.2, 0.25) is 0 Å². The third-order valence-electron chi connectivity index (χ3n) is 3.76. The van der Waals surface area contributed by atoms with E-state index in [1.54, 1.807) is 17.5 Å². The van der Waals surface area contributed by atoms with Crippen molar-refractivity contribution in [1.29, 1.82) is 0 Å². The highest BCUT2D eigenvalue weighted by atomic mass is 32.1. The molecule has 1 saturated carbocycles. The molecule has 5 nitrogen and oxygen atoms in total. The molecule has 0 aliphatic heterocycles. The molecule has 106 valence electrons. The van der Waals surface area contributed by atoms with Gasteiger partial charge in [0.25, 0.3) is 0 Å². The summed E-state index contributed by atoms with van der Waals surface area (Å²) in [5.74, 6) is 0.707. The summed E-state index contributed by atoms with van der Waals surface area (Å²) < 4.78 is 6.85. The summed E-state index contributed by atoms with van der Waals surface area (Å²) in [5.41, 5.74) is 5.39. The molecule has 3 rings (SSSR count). The fraction of sp³-hybridized carbons (Fsp3) is 0.429. The van der Waals surface area contributed by atoms with Crippen LogP contribution in [0.25, 0.3) is 10.7 Å². The molecule has 6 heteroatoms. The van der Waals surface area contributed by atoms with Gasteiger partial charge in [-0.3, -0.25) is 0 Å². The number of hydrogen-bond donors (Lipinski definition) is 1. The lowest BCUT2D eigenvalue weighted by Crippen LogP contribution is -2.54. The molecule has 0 bridgehead atoms. The Labute approximate surface area is 121 Å². The van der Waals surface area contributed by atoms with E-state index >= 15 is 0 Å². The fourth-order valence-corrected chi connectivity index (χ4v) is 3.23. The van der Waals surface area contributed by atoms with Gasteiger partial charge in [-0.1, -0.05) is 6.07 Å². The van der Waals surface area contributed by atoms with E-state index in [4.69, 9.17) is 10.5 Å². The van der Waals surface area contributed by atoms with Crippen molar-refractivity contribution < 1.29 is 9.53 Å². The molecule has 0 radical (unpaired) electrons. The standard InChI is InChI=1S/C14H17N3O2S/c1-19-13(18)14(15,10-4-5-10)9-17-7-6-16-12(17)11-3-2-8-20-11/h2-3,6-8,10H,4-5,9,15H2,1H3. The molecule has 2 aromatic heterocycles. The van der Waals surface area contributed by atoms with Crippen molar-refractivity contribution in [3.8, 4) is 10.7 Å². The number of thiophene rings is 1. The number of aromatic nitrogens is 2. The summed E-state index contributed by atoms with van der Waals surface area (Å²) >= 11 is 1.62. The molecule has 1 atom stereocenters. The number of imidazole rings is 1. The lowest BCUT2D eigenvalue weighted by molar-refractivity contribution is -0.148. The summed E-state index contributed by atoms with van der Waals surface area (Å²) in [4.78, 5) is 17.5. The topological polar surface area (TPSA) is 70.1 Å². The molecular formula is C14H17N3O2S. The van der Waals surface area contributed by atoms with Crippen molar-refractivity contribution in [3.63, 3.8) is 0 Å². The zero-order chi connectivity index (χ0) is 14.2. The number of methoxy groups -OCH3 is 1. The molecule has 2 heterocycles. The predicted molar refractivity (Wildman–Crippen MR) is 77.2 cm³/mol. The first-order valence-corrected chi connectivity index (χ1v) is 7.45. The number of hydrogen-bond acceptors (Lipinski definition) is 5. The van der Waals surface area contributed by atoms with Gasteiger partial charge in [0.05, 0.1) is 18.5 Å². The number of carbonyl (C=O) groups excluding carboxylic acids is 1. The van der Waals surface area contributed by atoms with E-state index in [0.717, 1.165) is 23.5 Å². The van der Waals surface area contributed by atoms with Gasteiger partial charge < -0.3 is 15.0 Å². The van der Waals surface area contributed by atoms with Crippen LogP contribution in [-0.2, 0) is 16.1 Å². The van der Waals surface area contributed by atoms with Gasteiger partial charge in [0, 0.05) is 12.4 Å². The van der Waals surface area contributed by atoms with E-state index in [-0.39, 0.29) is 11.9 Å². The Morgan fingerprint density at radius 1 is 1.65 bits per heavy atom. The molecule has 1 aliphatic carbocycles. The number of esters is 1. The molecule has 1 fully saturated rings. The third-order valence-corrected chi connectivity index (χ3v) is 4.63. The summed E-state index contributed by atoms with van der Waals surface area (Å²) in [5, 5.41) is 2.01. The highest BCUT2D eigenvalue weighted by molar-refractivity contribution is 7.13. The van der Waals surface area contributed by atoms with E-state index in [1.807, 2.05) is 28.3 Å². The van der Waals surface area contributed by atoms with E-state index in [0.29, 0.717) is 6.54 Å². The van der Waals surface area contributed by atoms with Crippen LogP contribution in [0, 0.1) is 5.92 Å². The molecule has 0 saturated heterocycles. The first kappa shape index (κ1) is 13.3. The quantitative estimate of drug-likeness (QED) is 0.854. The Hall–Kier alpha value is -1.66. The molecule has 2 N–H and O–H groups in total. The van der Waals surface area contributed by atoms with Crippen LogP contribution < -0.4 is 5.73 Å². The number of rotatable bonds is 5. The highest BCUT2D eigenvalue weighted by Crippen LogP contribution is 2.40. The van der Waals surface area contributed by atoms with Crippen molar-refractivity contribution in [2.75, 3.05) is 7.11 Å². The predicted octanol–water partition coefficient (Wildman–Crippen LogP) is 1.89. The Kier molecular flexibility index (Phi) is 3.35. The summed E-state index contributed by atoms with van der Waals surface area (Å²) in [6.07, 6.45) is 5.56. The lowest BCUT2D eigenvalue weighted by Gasteiger charge is -2.27. The monoisotopic (exact) mass is 291 g/mol. The highest BCUT2D eigenvalue weighted by Gasteiger charge is 2.49. The first-order valence-electron chi connectivity index (χ1n) is 6.57. The molecule has 1 unspecified atom stereocenters. The maximum atomic E-state index is 12.1. The van der Waals surface area contributed by atoms with Gasteiger partial charge in [-0.05, 0) is 30.2 Å². The van der Waals surface area contributed by atoms with Crippen LogP contribution in [0.5, 0.6) is 0 Å². The first-order chi connectivity index (χ1) is 9.65. The maximum Gasteiger partial charge on any atom is 0.327 e. The number of nitrogens with two attached hydrogens (primary N) is 1. The van der Waals surface area contributed by atoms with Gasteiger partial charge in [0.15, 0.2) is 0 Å². The second-order valence-electron chi connectivity index (χ2n) is 5.16. The van der Waals surface area contributed by atoms with Crippen LogP contribution >= 0.6 is 11.3 Å². The normalized spacial score (nSPS) is 17.7. The van der Waals surface area contributed by atoms with Crippen LogP contribution in [0.1, 0.15) is 12.8 Å². The number of carbonyl (C=O) groups is 1. The van der Waals surface area contributed by atoms with Crippen LogP contribution in [0.2, 0.25) is 0 Å². The largest absolute Gasteiger partial charge is 0.468 e. The molecule has 0 aromatic carbocycles. The lowest BCUT2D eigenvalue weighted by atomic mass is 9.94. The second kappa shape index (κ2) is 5.03. The Morgan fingerprint density at radius 3 is 3.05 bits per heavy atom. The van der Waals surface area contributed by atoms with Crippen LogP contribution in [0.4, 0.5) is 0 Å². The van der Waals surface area contributed by atoms with Crippen molar-refractivity contribution in [3.05, 3.63) is 29.9 Å². The van der Waals surface area contributed by atoms with Gasteiger partial charge in [-0.25, -0.2) is 9.78 Å². The maximum absolute atomic E-state index is 12.1. The van der Waals surface area contributed by atoms with Crippen LogP contribution in [0.3, 0.4) is 0 Å². The minimum atomic E-state index is -0.957. The van der Waals surface area contributed by atoms with E-state index in [2.05, 4.69) is 4.98 Å². The van der Waals surface area contributed by atoms with E-state index < -0.39 is 5.54 Å². The van der Waals surface area contributed by atoms with Crippen LogP contribution in [-0.4, -0.2) is 28.2 Å². The van der Waals surface area contributed by atoms with E-state index in [9.17, 15) is 4.79 Å². The van der Waals surface area contributed by atoms with Crippen molar-refractivity contribution in [2.24, 2.45) is 11.7 Å². The fourth-order valence-electron chi connectivity index (χ4n) is 2.50. The molecule has 20 heavy (non-hydrogen) atoms. The summed E-state index contributed by atoms with van der Waals surface area (Å²) in [7, 11) is 1.39. The molecule has 1 aliphatic rings. The molecule has 0 amide bonds. The van der Waals surface area contributed by atoms with E-state index in [1.165, 1.54) is 7.11 Å². The Balaban J connectivity index is 1.90. The smallest absolute Gasteiger partial charge is 0.327 e. The summed E-state index contributed by atoms with van der Waals surface area (Å²) in [6.45, 7) is 0.400. The number of ether oxygens (including phenoxy) is 1. The van der Waals surface area contributed by atoms with Crippen molar-refractivity contribution >= 4 is 17.3 Å². The minimum absolute atomic E-state index is 0.202. The van der Waals surface area contributed by atoms with Gasteiger partial charge in [-0.15, -0.1) is 11.3 Å². The molecule has 2 aromatic rings. The zero-order valence-corrected chi connectivity index (χ0v) is 12.1. The summed E-state index contributed by atoms with van der Waals surface area (Å²) in [6, 6.07) is 3.99.